The zero-order valence-electron chi connectivity index (χ0n) is 9.00. The molecule has 2 nitrogen and oxygen atoms in total. The maximum Gasteiger partial charge on any atom is 0.419 e. The number of aliphatic hydroxyl groups excluding tert-OH is 1. The Kier molecular flexibility index (Phi) is 3.13. The minimum Gasteiger partial charge on any atom is -0.383 e. The van der Waals surface area contributed by atoms with Gasteiger partial charge in [-0.1, -0.05) is 12.1 Å². The Hall–Kier alpha value is -1.82. The molecule has 0 aliphatic carbocycles. The van der Waals surface area contributed by atoms with E-state index < -0.39 is 29.2 Å². The van der Waals surface area contributed by atoms with Gasteiger partial charge in [-0.25, -0.2) is 4.39 Å². The standard InChI is InChI=1S/C12H9F4NO/c13-10-8(11(18)7-4-5-17-6-7)2-1-3-9(10)12(14,15)16/h1-6,11,17-18H. The molecule has 1 heterocycles. The van der Waals surface area contributed by atoms with E-state index in [1.807, 2.05) is 0 Å². The molecular formula is C12H9F4NO. The van der Waals surface area contributed by atoms with Gasteiger partial charge in [-0.3, -0.25) is 0 Å². The molecule has 0 saturated heterocycles. The third-order valence-corrected chi connectivity index (χ3v) is 2.57. The van der Waals surface area contributed by atoms with Crippen LogP contribution >= 0.6 is 0 Å². The Morgan fingerprint density at radius 2 is 1.89 bits per heavy atom. The van der Waals surface area contributed by atoms with E-state index in [9.17, 15) is 22.7 Å². The highest BCUT2D eigenvalue weighted by Gasteiger charge is 2.35. The molecule has 2 N–H and O–H groups in total. The third-order valence-electron chi connectivity index (χ3n) is 2.57. The van der Waals surface area contributed by atoms with E-state index in [0.29, 0.717) is 11.6 Å². The molecule has 1 aromatic heterocycles. The highest BCUT2D eigenvalue weighted by Crippen LogP contribution is 2.35. The number of halogens is 4. The molecule has 0 aliphatic rings. The summed E-state index contributed by atoms with van der Waals surface area (Å²) in [6.45, 7) is 0. The van der Waals surface area contributed by atoms with Gasteiger partial charge in [-0.05, 0) is 12.1 Å². The molecule has 1 aromatic carbocycles. The highest BCUT2D eigenvalue weighted by molar-refractivity contribution is 5.34. The predicted molar refractivity (Wildman–Crippen MR) is 56.3 cm³/mol. The number of aromatic amines is 1. The van der Waals surface area contributed by atoms with Gasteiger partial charge in [0.25, 0.3) is 0 Å². The number of alkyl halides is 3. The van der Waals surface area contributed by atoms with E-state index in [1.54, 1.807) is 0 Å². The average Bonchev–Trinajstić information content (AvgIpc) is 2.80. The second-order valence-corrected chi connectivity index (χ2v) is 3.75. The largest absolute Gasteiger partial charge is 0.419 e. The van der Waals surface area contributed by atoms with Crippen LogP contribution in [0.15, 0.2) is 36.7 Å². The summed E-state index contributed by atoms with van der Waals surface area (Å²) in [5.41, 5.74) is -1.48. The van der Waals surface area contributed by atoms with E-state index in [-0.39, 0.29) is 0 Å². The molecule has 0 spiro atoms. The fraction of sp³-hybridized carbons (Fsp3) is 0.167. The Morgan fingerprint density at radius 3 is 2.44 bits per heavy atom. The van der Waals surface area contributed by atoms with Crippen molar-refractivity contribution >= 4 is 0 Å². The number of nitrogens with one attached hydrogen (secondary N) is 1. The van der Waals surface area contributed by atoms with Crippen LogP contribution in [0.3, 0.4) is 0 Å². The summed E-state index contributed by atoms with van der Waals surface area (Å²) >= 11 is 0. The van der Waals surface area contributed by atoms with Crippen molar-refractivity contribution in [2.75, 3.05) is 0 Å². The summed E-state index contributed by atoms with van der Waals surface area (Å²) in [5.74, 6) is -1.45. The molecule has 1 unspecified atom stereocenters. The van der Waals surface area contributed by atoms with E-state index in [1.165, 1.54) is 18.5 Å². The van der Waals surface area contributed by atoms with Crippen molar-refractivity contribution in [3.63, 3.8) is 0 Å². The molecule has 2 rings (SSSR count). The Bertz CT molecular complexity index is 534. The SMILES string of the molecule is OC(c1cc[nH]c1)c1cccc(C(F)(F)F)c1F. The number of benzene rings is 1. The first kappa shape index (κ1) is 12.6. The summed E-state index contributed by atoms with van der Waals surface area (Å²) in [6.07, 6.45) is -3.33. The Balaban J connectivity index is 2.47. The molecule has 0 radical (unpaired) electrons. The van der Waals surface area contributed by atoms with Gasteiger partial charge in [-0.15, -0.1) is 0 Å². The highest BCUT2D eigenvalue weighted by atomic mass is 19.4. The van der Waals surface area contributed by atoms with Gasteiger partial charge in [-0.2, -0.15) is 13.2 Å². The maximum atomic E-state index is 13.7. The minimum atomic E-state index is -4.78. The van der Waals surface area contributed by atoms with E-state index in [2.05, 4.69) is 4.98 Å². The van der Waals surface area contributed by atoms with Crippen LogP contribution in [-0.4, -0.2) is 10.1 Å². The minimum absolute atomic E-state index is 0.299. The summed E-state index contributed by atoms with van der Waals surface area (Å²) in [7, 11) is 0. The van der Waals surface area contributed by atoms with Crippen LogP contribution in [0.1, 0.15) is 22.8 Å². The number of hydrogen-bond acceptors (Lipinski definition) is 1. The zero-order chi connectivity index (χ0) is 13.3. The lowest BCUT2D eigenvalue weighted by molar-refractivity contribution is -0.140. The first-order valence-corrected chi connectivity index (χ1v) is 5.07. The Morgan fingerprint density at radius 1 is 1.17 bits per heavy atom. The van der Waals surface area contributed by atoms with Gasteiger partial charge in [0.2, 0.25) is 0 Å². The van der Waals surface area contributed by atoms with Crippen molar-refractivity contribution in [1.82, 2.24) is 4.98 Å². The number of hydrogen-bond donors (Lipinski definition) is 2. The molecule has 18 heavy (non-hydrogen) atoms. The molecule has 0 aliphatic heterocycles. The van der Waals surface area contributed by atoms with Gasteiger partial charge < -0.3 is 10.1 Å². The summed E-state index contributed by atoms with van der Waals surface area (Å²) in [5, 5.41) is 9.82. The second-order valence-electron chi connectivity index (χ2n) is 3.75. The Labute approximate surface area is 99.9 Å². The summed E-state index contributed by atoms with van der Waals surface area (Å²) < 4.78 is 51.2. The molecule has 0 fully saturated rings. The smallest absolute Gasteiger partial charge is 0.383 e. The lowest BCUT2D eigenvalue weighted by Crippen LogP contribution is -2.12. The molecule has 6 heteroatoms. The fourth-order valence-electron chi connectivity index (χ4n) is 1.67. The lowest BCUT2D eigenvalue weighted by atomic mass is 10.0. The zero-order valence-corrected chi connectivity index (χ0v) is 9.00. The van der Waals surface area contributed by atoms with Gasteiger partial charge in [0.15, 0.2) is 0 Å². The van der Waals surface area contributed by atoms with E-state index in [4.69, 9.17) is 0 Å². The average molecular weight is 259 g/mol. The van der Waals surface area contributed by atoms with Crippen LogP contribution in [0.2, 0.25) is 0 Å². The van der Waals surface area contributed by atoms with Gasteiger partial charge in [0.1, 0.15) is 11.9 Å². The van der Waals surface area contributed by atoms with Crippen molar-refractivity contribution in [1.29, 1.82) is 0 Å². The van der Waals surface area contributed by atoms with Crippen LogP contribution in [0.25, 0.3) is 0 Å². The first-order chi connectivity index (χ1) is 8.41. The number of rotatable bonds is 2. The normalized spacial score (nSPS) is 13.6. The van der Waals surface area contributed by atoms with Crippen molar-refractivity contribution < 1.29 is 22.7 Å². The summed E-state index contributed by atoms with van der Waals surface area (Å²) in [6, 6.07) is 4.30. The lowest BCUT2D eigenvalue weighted by Gasteiger charge is -2.14. The molecule has 0 bridgehead atoms. The van der Waals surface area contributed by atoms with Crippen LogP contribution in [0.5, 0.6) is 0 Å². The van der Waals surface area contributed by atoms with Crippen LogP contribution in [0.4, 0.5) is 17.6 Å². The molecule has 96 valence electrons. The number of aromatic nitrogens is 1. The second kappa shape index (κ2) is 4.45. The number of aliphatic hydroxyl groups is 1. The molecule has 1 atom stereocenters. The quantitative estimate of drug-likeness (QED) is 0.798. The van der Waals surface area contributed by atoms with Crippen molar-refractivity contribution in [2.24, 2.45) is 0 Å². The van der Waals surface area contributed by atoms with E-state index >= 15 is 0 Å². The monoisotopic (exact) mass is 259 g/mol. The van der Waals surface area contributed by atoms with Crippen molar-refractivity contribution in [3.05, 3.63) is 59.2 Å². The van der Waals surface area contributed by atoms with Crippen LogP contribution in [0, 0.1) is 5.82 Å². The summed E-state index contributed by atoms with van der Waals surface area (Å²) in [4.78, 5) is 2.64. The molecular weight excluding hydrogens is 250 g/mol. The third kappa shape index (κ3) is 2.24. The van der Waals surface area contributed by atoms with Gasteiger partial charge >= 0.3 is 6.18 Å². The molecule has 0 amide bonds. The van der Waals surface area contributed by atoms with Crippen LogP contribution in [-0.2, 0) is 6.18 Å². The fourth-order valence-corrected chi connectivity index (χ4v) is 1.67. The predicted octanol–water partition coefficient (Wildman–Crippen LogP) is 3.25. The topological polar surface area (TPSA) is 36.0 Å². The maximum absolute atomic E-state index is 13.7. The van der Waals surface area contributed by atoms with Crippen molar-refractivity contribution in [3.8, 4) is 0 Å². The van der Waals surface area contributed by atoms with Crippen LogP contribution < -0.4 is 0 Å². The number of H-pyrrole nitrogens is 1. The van der Waals surface area contributed by atoms with Crippen molar-refractivity contribution in [2.45, 2.75) is 12.3 Å². The first-order valence-electron chi connectivity index (χ1n) is 5.07. The van der Waals surface area contributed by atoms with Gasteiger partial charge in [0, 0.05) is 23.5 Å². The van der Waals surface area contributed by atoms with E-state index in [0.717, 1.165) is 12.1 Å². The molecule has 2 aromatic rings. The van der Waals surface area contributed by atoms with Gasteiger partial charge in [0.05, 0.1) is 5.56 Å². The molecule has 0 saturated carbocycles.